The Hall–Kier alpha value is -3.11. The Morgan fingerprint density at radius 2 is 1.89 bits per heavy atom. The second-order valence-corrected chi connectivity index (χ2v) is 10.1. The molecule has 3 aromatic carbocycles. The molecule has 2 aliphatic rings. The van der Waals surface area contributed by atoms with Gasteiger partial charge in [-0.15, -0.1) is 0 Å². The Kier molecular flexibility index (Phi) is 7.19. The van der Waals surface area contributed by atoms with Crippen LogP contribution in [-0.4, -0.2) is 30.0 Å². The number of benzene rings is 3. The summed E-state index contributed by atoms with van der Waals surface area (Å²) in [6, 6.07) is 26.1. The number of ether oxygens (including phenoxy) is 1. The topological polar surface area (TPSA) is 41.6 Å². The molecule has 1 heterocycles. The summed E-state index contributed by atoms with van der Waals surface area (Å²) < 4.78 is 6.27. The van der Waals surface area contributed by atoms with Crippen LogP contribution in [0.5, 0.6) is 5.75 Å². The van der Waals surface area contributed by atoms with Crippen molar-refractivity contribution < 1.29 is 9.53 Å². The monoisotopic (exact) mass is 468 g/mol. The maximum atomic E-state index is 12.7. The molecule has 0 bridgehead atoms. The highest BCUT2D eigenvalue weighted by Gasteiger charge is 2.30. The fraction of sp³-hybridized carbons (Fsp3) is 0.387. The predicted molar refractivity (Wildman–Crippen MR) is 140 cm³/mol. The maximum absolute atomic E-state index is 12.7. The molecule has 3 aromatic rings. The van der Waals surface area contributed by atoms with Crippen LogP contribution in [0.4, 0.5) is 0 Å². The third-order valence-corrected chi connectivity index (χ3v) is 7.23. The SMILES string of the molecule is CCC(Oc1ccc2c(c1)C(c1ccccc1)N(Cc1cccc(C)c1)CC2)C(=O)NCC1CC1. The third-order valence-electron chi connectivity index (χ3n) is 7.23. The smallest absolute Gasteiger partial charge is 0.261 e. The van der Waals surface area contributed by atoms with Crippen LogP contribution < -0.4 is 10.1 Å². The Morgan fingerprint density at radius 3 is 2.63 bits per heavy atom. The molecule has 2 atom stereocenters. The first-order valence-corrected chi connectivity index (χ1v) is 13.0. The van der Waals surface area contributed by atoms with Gasteiger partial charge in [-0.05, 0) is 72.9 Å². The molecule has 0 radical (unpaired) electrons. The van der Waals surface area contributed by atoms with Crippen LogP contribution in [0.25, 0.3) is 0 Å². The number of aryl methyl sites for hydroxylation is 1. The van der Waals surface area contributed by atoms with Crippen molar-refractivity contribution in [3.8, 4) is 5.75 Å². The minimum absolute atomic E-state index is 0.00203. The molecule has 4 heteroatoms. The first-order chi connectivity index (χ1) is 17.1. The van der Waals surface area contributed by atoms with Gasteiger partial charge < -0.3 is 10.1 Å². The standard InChI is InChI=1S/C31H36N2O2/c1-3-29(31(34)32-20-23-12-13-23)35-27-15-14-25-16-17-33(21-24-9-7-8-22(2)18-24)30(28(25)19-27)26-10-5-4-6-11-26/h4-11,14-15,18-19,23,29-30H,3,12-13,16-17,20-21H2,1-2H3,(H,32,34). The molecule has 5 rings (SSSR count). The van der Waals surface area contributed by atoms with E-state index in [1.807, 2.05) is 13.0 Å². The minimum Gasteiger partial charge on any atom is -0.481 e. The van der Waals surface area contributed by atoms with Gasteiger partial charge in [-0.25, -0.2) is 0 Å². The van der Waals surface area contributed by atoms with Crippen LogP contribution in [0.2, 0.25) is 0 Å². The second kappa shape index (κ2) is 10.7. The molecular weight excluding hydrogens is 432 g/mol. The highest BCUT2D eigenvalue weighted by molar-refractivity contribution is 5.81. The van der Waals surface area contributed by atoms with Crippen LogP contribution in [0, 0.1) is 12.8 Å². The van der Waals surface area contributed by atoms with Crippen molar-refractivity contribution in [1.29, 1.82) is 0 Å². The normalized spacial score (nSPS) is 18.5. The van der Waals surface area contributed by atoms with Crippen LogP contribution >= 0.6 is 0 Å². The zero-order valence-electron chi connectivity index (χ0n) is 20.9. The third kappa shape index (κ3) is 5.76. The van der Waals surface area contributed by atoms with Crippen molar-refractivity contribution in [3.05, 3.63) is 101 Å². The molecule has 2 unspecified atom stereocenters. The van der Waals surface area contributed by atoms with Crippen LogP contribution in [0.1, 0.15) is 60.0 Å². The van der Waals surface area contributed by atoms with Crippen molar-refractivity contribution in [2.24, 2.45) is 5.92 Å². The fourth-order valence-corrected chi connectivity index (χ4v) is 5.13. The summed E-state index contributed by atoms with van der Waals surface area (Å²) in [6.07, 6.45) is 3.64. The highest BCUT2D eigenvalue weighted by atomic mass is 16.5. The van der Waals surface area contributed by atoms with Gasteiger partial charge in [0.15, 0.2) is 6.10 Å². The Bertz CT molecular complexity index is 1160. The van der Waals surface area contributed by atoms with E-state index < -0.39 is 6.10 Å². The predicted octanol–water partition coefficient (Wildman–Crippen LogP) is 5.83. The summed E-state index contributed by atoms with van der Waals surface area (Å²) in [5, 5.41) is 3.08. The number of nitrogens with zero attached hydrogens (tertiary/aromatic N) is 1. The number of rotatable bonds is 9. The van der Waals surface area contributed by atoms with Crippen molar-refractivity contribution in [2.45, 2.75) is 58.2 Å². The highest BCUT2D eigenvalue weighted by Crippen LogP contribution is 2.38. The molecule has 0 aromatic heterocycles. The number of nitrogens with one attached hydrogen (secondary N) is 1. The van der Waals surface area contributed by atoms with Crippen molar-refractivity contribution in [1.82, 2.24) is 10.2 Å². The van der Waals surface area contributed by atoms with E-state index in [0.717, 1.165) is 31.8 Å². The lowest BCUT2D eigenvalue weighted by Crippen LogP contribution is -2.39. The van der Waals surface area contributed by atoms with E-state index in [1.165, 1.54) is 40.7 Å². The van der Waals surface area contributed by atoms with Crippen LogP contribution in [-0.2, 0) is 17.8 Å². The quantitative estimate of drug-likeness (QED) is 0.430. The molecule has 1 amide bonds. The minimum atomic E-state index is -0.464. The first-order valence-electron chi connectivity index (χ1n) is 13.0. The summed E-state index contributed by atoms with van der Waals surface area (Å²) in [6.45, 7) is 6.83. The van der Waals surface area contributed by atoms with Gasteiger partial charge in [0.05, 0.1) is 6.04 Å². The van der Waals surface area contributed by atoms with E-state index in [-0.39, 0.29) is 11.9 Å². The first kappa shape index (κ1) is 23.6. The molecular formula is C31H36N2O2. The van der Waals surface area contributed by atoms with Crippen molar-refractivity contribution >= 4 is 5.91 Å². The zero-order chi connectivity index (χ0) is 24.2. The lowest BCUT2D eigenvalue weighted by atomic mass is 9.87. The van der Waals surface area contributed by atoms with E-state index in [0.29, 0.717) is 12.3 Å². The number of hydrogen-bond donors (Lipinski definition) is 1. The van der Waals surface area contributed by atoms with Crippen molar-refractivity contribution in [2.75, 3.05) is 13.1 Å². The van der Waals surface area contributed by atoms with Crippen LogP contribution in [0.15, 0.2) is 72.8 Å². The van der Waals surface area contributed by atoms with Crippen LogP contribution in [0.3, 0.4) is 0 Å². The largest absolute Gasteiger partial charge is 0.481 e. The van der Waals surface area contributed by atoms with E-state index in [4.69, 9.17) is 4.74 Å². The zero-order valence-corrected chi connectivity index (χ0v) is 20.9. The molecule has 0 spiro atoms. The van der Waals surface area contributed by atoms with Gasteiger partial charge in [0, 0.05) is 19.6 Å². The summed E-state index contributed by atoms with van der Waals surface area (Å²) in [4.78, 5) is 15.3. The van der Waals surface area contributed by atoms with E-state index in [2.05, 4.69) is 83.9 Å². The lowest BCUT2D eigenvalue weighted by Gasteiger charge is -2.38. The molecule has 1 aliphatic heterocycles. The maximum Gasteiger partial charge on any atom is 0.261 e. The average Bonchev–Trinajstić information content (AvgIpc) is 3.71. The van der Waals surface area contributed by atoms with Gasteiger partial charge in [-0.3, -0.25) is 9.69 Å². The number of hydrogen-bond acceptors (Lipinski definition) is 3. The molecule has 0 saturated heterocycles. The van der Waals surface area contributed by atoms with Gasteiger partial charge in [0.1, 0.15) is 5.75 Å². The summed E-state index contributed by atoms with van der Waals surface area (Å²) in [5.41, 5.74) is 6.55. The second-order valence-electron chi connectivity index (χ2n) is 10.1. The van der Waals surface area contributed by atoms with Gasteiger partial charge in [0.25, 0.3) is 5.91 Å². The molecule has 4 nitrogen and oxygen atoms in total. The molecule has 1 fully saturated rings. The number of fused-ring (bicyclic) bond motifs is 1. The molecule has 1 N–H and O–H groups in total. The molecule has 1 aliphatic carbocycles. The Morgan fingerprint density at radius 1 is 1.06 bits per heavy atom. The molecule has 35 heavy (non-hydrogen) atoms. The van der Waals surface area contributed by atoms with Gasteiger partial charge >= 0.3 is 0 Å². The van der Waals surface area contributed by atoms with E-state index in [9.17, 15) is 4.79 Å². The number of amides is 1. The number of carbonyl (C=O) groups excluding carboxylic acids is 1. The van der Waals surface area contributed by atoms with Gasteiger partial charge in [0.2, 0.25) is 0 Å². The molecule has 182 valence electrons. The number of carbonyl (C=O) groups is 1. The Labute approximate surface area is 209 Å². The summed E-state index contributed by atoms with van der Waals surface area (Å²) in [7, 11) is 0. The van der Waals surface area contributed by atoms with E-state index in [1.54, 1.807) is 0 Å². The summed E-state index contributed by atoms with van der Waals surface area (Å²) in [5.74, 6) is 1.43. The van der Waals surface area contributed by atoms with E-state index >= 15 is 0 Å². The van der Waals surface area contributed by atoms with Gasteiger partial charge in [-0.1, -0.05) is 73.2 Å². The molecule has 1 saturated carbocycles. The van der Waals surface area contributed by atoms with Crippen molar-refractivity contribution in [3.63, 3.8) is 0 Å². The van der Waals surface area contributed by atoms with Gasteiger partial charge in [-0.2, -0.15) is 0 Å². The fourth-order valence-electron chi connectivity index (χ4n) is 5.13. The lowest BCUT2D eigenvalue weighted by molar-refractivity contribution is -0.128. The Balaban J connectivity index is 1.41. The average molecular weight is 469 g/mol. The summed E-state index contributed by atoms with van der Waals surface area (Å²) >= 11 is 0.